The van der Waals surface area contributed by atoms with Crippen molar-refractivity contribution in [2.45, 2.75) is 18.3 Å². The molecule has 0 saturated heterocycles. The Hall–Kier alpha value is -1.94. The highest BCUT2D eigenvalue weighted by molar-refractivity contribution is 7.47. The first-order valence-corrected chi connectivity index (χ1v) is 11.3. The van der Waals surface area contributed by atoms with Crippen molar-refractivity contribution < 1.29 is 80.2 Å². The molecular formula is C13H22O17P2. The van der Waals surface area contributed by atoms with Crippen LogP contribution in [0.25, 0.3) is 0 Å². The van der Waals surface area contributed by atoms with E-state index < -0.39 is 73.6 Å². The standard InChI is InChI=1S/C13H22O17P2/c14-7-23-3-12(25-9-16)5-29-31(19,20)27-1-11(18)2-28-32(21,22)30-6-13(26-10-17)4-24-8-15/h7-13,18H,1-6H2,(H,19,20)(H,21,22). The number of rotatable bonds is 22. The summed E-state index contributed by atoms with van der Waals surface area (Å²) in [6.45, 7) is -4.07. The van der Waals surface area contributed by atoms with Crippen LogP contribution in [-0.4, -0.2) is 98.7 Å². The van der Waals surface area contributed by atoms with E-state index in [2.05, 4.69) is 37.0 Å². The fourth-order valence-corrected chi connectivity index (χ4v) is 3.12. The summed E-state index contributed by atoms with van der Waals surface area (Å²) in [6.07, 6.45) is -4.13. The van der Waals surface area contributed by atoms with Crippen molar-refractivity contribution in [2.75, 3.05) is 39.6 Å². The monoisotopic (exact) mass is 512 g/mol. The van der Waals surface area contributed by atoms with Gasteiger partial charge in [-0.25, -0.2) is 9.13 Å². The maximum Gasteiger partial charge on any atom is 0.472 e. The van der Waals surface area contributed by atoms with Crippen LogP contribution in [0.2, 0.25) is 0 Å². The molecule has 0 aliphatic rings. The SMILES string of the molecule is O=COCC(COP(=O)(O)OCC(O)COP(=O)(O)OCC(COC=O)OC=O)OC=O. The number of carbonyl (C=O) groups is 4. The van der Waals surface area contributed by atoms with Gasteiger partial charge < -0.3 is 33.8 Å². The van der Waals surface area contributed by atoms with Gasteiger partial charge >= 0.3 is 15.6 Å². The van der Waals surface area contributed by atoms with Crippen LogP contribution in [0.1, 0.15) is 0 Å². The molecule has 0 fully saturated rings. The molecule has 0 aliphatic carbocycles. The summed E-state index contributed by atoms with van der Waals surface area (Å²) in [5.74, 6) is 0. The topological polar surface area (TPSA) is 237 Å². The molecule has 17 nitrogen and oxygen atoms in total. The predicted molar refractivity (Wildman–Crippen MR) is 95.4 cm³/mol. The number of ether oxygens (including phenoxy) is 4. The number of aliphatic hydroxyl groups is 1. The maximum absolute atomic E-state index is 11.7. The molecule has 0 saturated carbocycles. The zero-order chi connectivity index (χ0) is 24.5. The van der Waals surface area contributed by atoms with Gasteiger partial charge in [-0.3, -0.25) is 37.3 Å². The molecule has 3 N–H and O–H groups in total. The lowest BCUT2D eigenvalue weighted by molar-refractivity contribution is -0.144. The van der Waals surface area contributed by atoms with Gasteiger partial charge in [-0.2, -0.15) is 0 Å². The molecule has 19 heteroatoms. The van der Waals surface area contributed by atoms with E-state index in [0.717, 1.165) is 0 Å². The highest BCUT2D eigenvalue weighted by Gasteiger charge is 2.28. The van der Waals surface area contributed by atoms with Crippen LogP contribution in [-0.2, 0) is 65.4 Å². The summed E-state index contributed by atoms with van der Waals surface area (Å²) < 4.78 is 58.9. The van der Waals surface area contributed by atoms with Crippen LogP contribution in [0.3, 0.4) is 0 Å². The largest absolute Gasteiger partial charge is 0.472 e. The van der Waals surface area contributed by atoms with Gasteiger partial charge in [0, 0.05) is 0 Å². The van der Waals surface area contributed by atoms with E-state index in [-0.39, 0.29) is 25.9 Å². The Morgan fingerprint density at radius 1 is 0.594 bits per heavy atom. The van der Waals surface area contributed by atoms with E-state index >= 15 is 0 Å². The molecule has 0 rings (SSSR count). The summed E-state index contributed by atoms with van der Waals surface area (Å²) >= 11 is 0. The van der Waals surface area contributed by atoms with E-state index in [1.54, 1.807) is 0 Å². The quantitative estimate of drug-likeness (QED) is 0.0811. The second-order valence-corrected chi connectivity index (χ2v) is 8.25. The van der Waals surface area contributed by atoms with Gasteiger partial charge in [0.2, 0.25) is 0 Å². The molecular weight excluding hydrogens is 490 g/mol. The third-order valence-electron chi connectivity index (χ3n) is 2.90. The Labute approximate surface area is 180 Å². The minimum absolute atomic E-state index is 0.00963. The van der Waals surface area contributed by atoms with Crippen LogP contribution in [0.5, 0.6) is 0 Å². The van der Waals surface area contributed by atoms with Gasteiger partial charge in [0.1, 0.15) is 19.3 Å². The van der Waals surface area contributed by atoms with Gasteiger partial charge in [0.15, 0.2) is 12.2 Å². The molecule has 0 bridgehead atoms. The van der Waals surface area contributed by atoms with Crippen molar-refractivity contribution in [3.8, 4) is 0 Å². The fraction of sp³-hybridized carbons (Fsp3) is 0.692. The van der Waals surface area contributed by atoms with Crippen molar-refractivity contribution in [2.24, 2.45) is 0 Å². The van der Waals surface area contributed by atoms with E-state index in [9.17, 15) is 43.2 Å². The van der Waals surface area contributed by atoms with E-state index in [0.29, 0.717) is 0 Å². The van der Waals surface area contributed by atoms with E-state index in [1.165, 1.54) is 0 Å². The summed E-state index contributed by atoms with van der Waals surface area (Å²) in [5, 5.41) is 9.65. The third-order valence-corrected chi connectivity index (χ3v) is 4.81. The summed E-state index contributed by atoms with van der Waals surface area (Å²) in [5.41, 5.74) is 0. The second-order valence-electron chi connectivity index (χ2n) is 5.34. The van der Waals surface area contributed by atoms with Gasteiger partial charge in [-0.1, -0.05) is 0 Å². The molecule has 0 aromatic heterocycles. The molecule has 0 radical (unpaired) electrons. The third kappa shape index (κ3) is 15.8. The zero-order valence-corrected chi connectivity index (χ0v) is 18.0. The lowest BCUT2D eigenvalue weighted by atomic mass is 10.4. The average Bonchev–Trinajstić information content (AvgIpc) is 2.75. The molecule has 186 valence electrons. The summed E-state index contributed by atoms with van der Waals surface area (Å²) in [4.78, 5) is 59.8. The first kappa shape index (κ1) is 30.1. The highest BCUT2D eigenvalue weighted by atomic mass is 31.2. The Morgan fingerprint density at radius 3 is 1.25 bits per heavy atom. The van der Waals surface area contributed by atoms with Crippen molar-refractivity contribution in [3.05, 3.63) is 0 Å². The van der Waals surface area contributed by atoms with Crippen LogP contribution in [0, 0.1) is 0 Å². The first-order valence-electron chi connectivity index (χ1n) is 8.29. The smallest absolute Gasteiger partial charge is 0.464 e. The molecule has 0 aromatic rings. The van der Waals surface area contributed by atoms with Gasteiger partial charge in [0.05, 0.1) is 26.4 Å². The highest BCUT2D eigenvalue weighted by Crippen LogP contribution is 2.45. The number of aliphatic hydroxyl groups excluding tert-OH is 1. The minimum atomic E-state index is -4.77. The Bertz CT molecular complexity index is 602. The van der Waals surface area contributed by atoms with Crippen molar-refractivity contribution in [1.29, 1.82) is 0 Å². The molecule has 0 aliphatic heterocycles. The maximum atomic E-state index is 11.7. The Morgan fingerprint density at radius 2 is 0.938 bits per heavy atom. The Kier molecular flexibility index (Phi) is 15.6. The van der Waals surface area contributed by atoms with Crippen molar-refractivity contribution in [3.63, 3.8) is 0 Å². The van der Waals surface area contributed by atoms with Crippen LogP contribution in [0.15, 0.2) is 0 Å². The van der Waals surface area contributed by atoms with Crippen LogP contribution in [0.4, 0.5) is 0 Å². The van der Waals surface area contributed by atoms with Crippen LogP contribution >= 0.6 is 15.6 Å². The van der Waals surface area contributed by atoms with Crippen LogP contribution < -0.4 is 0 Å². The second kappa shape index (κ2) is 16.7. The van der Waals surface area contributed by atoms with Gasteiger partial charge in [0.25, 0.3) is 25.9 Å². The lowest BCUT2D eigenvalue weighted by Crippen LogP contribution is -2.26. The average molecular weight is 512 g/mol. The molecule has 4 atom stereocenters. The number of phosphoric ester groups is 2. The molecule has 4 unspecified atom stereocenters. The number of phosphoric acid groups is 2. The van der Waals surface area contributed by atoms with Crippen molar-refractivity contribution in [1.82, 2.24) is 0 Å². The molecule has 0 aromatic carbocycles. The number of carbonyl (C=O) groups excluding carboxylic acids is 4. The van der Waals surface area contributed by atoms with Gasteiger partial charge in [-0.15, -0.1) is 0 Å². The van der Waals surface area contributed by atoms with Gasteiger partial charge in [-0.05, 0) is 0 Å². The number of hydrogen-bond acceptors (Lipinski definition) is 15. The Balaban J connectivity index is 4.39. The van der Waals surface area contributed by atoms with Crippen molar-refractivity contribution >= 4 is 41.5 Å². The molecule has 32 heavy (non-hydrogen) atoms. The normalized spacial score (nSPS) is 17.5. The first-order chi connectivity index (χ1) is 15.1. The predicted octanol–water partition coefficient (Wildman–Crippen LogP) is -1.96. The van der Waals surface area contributed by atoms with E-state index in [1.807, 2.05) is 0 Å². The van der Waals surface area contributed by atoms with E-state index in [4.69, 9.17) is 0 Å². The fourth-order valence-electron chi connectivity index (χ4n) is 1.54. The molecule has 0 amide bonds. The number of hydrogen-bond donors (Lipinski definition) is 3. The summed E-state index contributed by atoms with van der Waals surface area (Å²) in [7, 11) is -9.55. The zero-order valence-electron chi connectivity index (χ0n) is 16.2. The molecule has 0 heterocycles. The lowest BCUT2D eigenvalue weighted by Gasteiger charge is -2.19. The minimum Gasteiger partial charge on any atom is -0.464 e. The summed E-state index contributed by atoms with van der Waals surface area (Å²) in [6, 6.07) is 0. The molecule has 0 spiro atoms.